The molecule has 33 heavy (non-hydrogen) atoms. The summed E-state index contributed by atoms with van der Waals surface area (Å²) >= 11 is 0. The average Bonchev–Trinajstić information content (AvgIpc) is 3.11. The van der Waals surface area contributed by atoms with Crippen LogP contribution >= 0.6 is 0 Å². The molecule has 2 heterocycles. The Morgan fingerprint density at radius 2 is 1.91 bits per heavy atom. The molecular weight excluding hydrogens is 436 g/mol. The lowest BCUT2D eigenvalue weighted by molar-refractivity contribution is 0.0538. The standard InChI is InChI=1S/C26H32N2O4S/c1-28-17-22(20-9-13-27-25(29)24(20)28)21-15-19(33(2,30)31)7-8-23(21)32-14-12-26-10-3-5-18(16-26)6-4-11-26/h7-9,13,15,17-18H,3-6,10-12,14,16H2,1-2H3,(H,27,29). The van der Waals surface area contributed by atoms with E-state index in [-0.39, 0.29) is 10.5 Å². The lowest BCUT2D eigenvalue weighted by Crippen LogP contribution is -2.34. The quantitative estimate of drug-likeness (QED) is 0.548. The van der Waals surface area contributed by atoms with Crippen LogP contribution in [0.2, 0.25) is 0 Å². The van der Waals surface area contributed by atoms with Crippen molar-refractivity contribution in [2.45, 2.75) is 56.3 Å². The van der Waals surface area contributed by atoms with Crippen LogP contribution in [0.1, 0.15) is 51.4 Å². The van der Waals surface area contributed by atoms with Gasteiger partial charge in [-0.2, -0.15) is 0 Å². The summed E-state index contributed by atoms with van der Waals surface area (Å²) in [4.78, 5) is 15.4. The summed E-state index contributed by atoms with van der Waals surface area (Å²) in [7, 11) is -1.56. The first-order chi connectivity index (χ1) is 15.8. The van der Waals surface area contributed by atoms with E-state index < -0.39 is 9.84 Å². The van der Waals surface area contributed by atoms with Gasteiger partial charge in [0.25, 0.3) is 5.56 Å². The number of aryl methyl sites for hydroxylation is 1. The van der Waals surface area contributed by atoms with Crippen LogP contribution in [-0.4, -0.2) is 30.8 Å². The predicted octanol–water partition coefficient (Wildman–Crippen LogP) is 5.07. The number of H-pyrrole nitrogens is 1. The molecule has 2 bridgehead atoms. The first-order valence-electron chi connectivity index (χ1n) is 11.9. The van der Waals surface area contributed by atoms with E-state index in [2.05, 4.69) is 4.98 Å². The van der Waals surface area contributed by atoms with Gasteiger partial charge in [-0.25, -0.2) is 8.42 Å². The van der Waals surface area contributed by atoms with Crippen molar-refractivity contribution in [1.82, 2.24) is 9.55 Å². The van der Waals surface area contributed by atoms with Gasteiger partial charge in [0.1, 0.15) is 11.3 Å². The number of hydrogen-bond acceptors (Lipinski definition) is 4. The van der Waals surface area contributed by atoms with Crippen LogP contribution in [0.5, 0.6) is 5.75 Å². The number of hydrogen-bond donors (Lipinski definition) is 1. The van der Waals surface area contributed by atoms with Gasteiger partial charge in [0.2, 0.25) is 0 Å². The maximum Gasteiger partial charge on any atom is 0.272 e. The molecule has 2 saturated carbocycles. The second-order valence-electron chi connectivity index (χ2n) is 10.1. The Labute approximate surface area is 194 Å². The molecule has 0 aliphatic heterocycles. The van der Waals surface area contributed by atoms with Crippen molar-refractivity contribution in [3.05, 3.63) is 47.0 Å². The molecule has 2 aliphatic carbocycles. The highest BCUT2D eigenvalue weighted by Crippen LogP contribution is 2.51. The number of fused-ring (bicyclic) bond motifs is 3. The fourth-order valence-corrected chi connectivity index (χ4v) is 6.85. The van der Waals surface area contributed by atoms with Crippen LogP contribution in [0.25, 0.3) is 22.0 Å². The van der Waals surface area contributed by atoms with Crippen molar-refractivity contribution < 1.29 is 13.2 Å². The fraction of sp³-hybridized carbons (Fsp3) is 0.500. The number of nitrogens with zero attached hydrogens (tertiary/aromatic N) is 1. The summed E-state index contributed by atoms with van der Waals surface area (Å²) in [6.45, 7) is 0.614. The van der Waals surface area contributed by atoms with E-state index >= 15 is 0 Å². The van der Waals surface area contributed by atoms with Crippen molar-refractivity contribution >= 4 is 20.7 Å². The van der Waals surface area contributed by atoms with E-state index in [1.165, 1.54) is 51.2 Å². The number of benzene rings is 1. The molecule has 2 fully saturated rings. The Bertz CT molecular complexity index is 1340. The molecule has 6 nitrogen and oxygen atoms in total. The number of rotatable bonds is 6. The molecule has 0 amide bonds. The largest absolute Gasteiger partial charge is 0.493 e. The molecule has 1 aromatic carbocycles. The van der Waals surface area contributed by atoms with Gasteiger partial charge in [-0.05, 0) is 61.3 Å². The SMILES string of the molecule is Cn1cc(-c2cc(S(C)(=O)=O)ccc2OCCC23CCCC(CCC2)C3)c2cc[nH]c(=O)c21. The van der Waals surface area contributed by atoms with Crippen molar-refractivity contribution in [1.29, 1.82) is 0 Å². The van der Waals surface area contributed by atoms with Gasteiger partial charge in [-0.1, -0.05) is 25.7 Å². The third-order valence-electron chi connectivity index (χ3n) is 7.82. The van der Waals surface area contributed by atoms with E-state index in [1.807, 2.05) is 19.3 Å². The fourth-order valence-electron chi connectivity index (χ4n) is 6.21. The minimum atomic E-state index is -3.38. The van der Waals surface area contributed by atoms with Gasteiger partial charge in [0, 0.05) is 42.2 Å². The molecule has 7 heteroatoms. The number of nitrogens with one attached hydrogen (secondary N) is 1. The molecule has 2 aromatic heterocycles. The topological polar surface area (TPSA) is 81.2 Å². The minimum Gasteiger partial charge on any atom is -0.493 e. The summed E-state index contributed by atoms with van der Waals surface area (Å²) in [5.41, 5.74) is 2.29. The Kier molecular flexibility index (Phi) is 5.63. The maximum atomic E-state index is 12.4. The Balaban J connectivity index is 1.50. The van der Waals surface area contributed by atoms with E-state index in [9.17, 15) is 13.2 Å². The maximum absolute atomic E-state index is 12.4. The number of pyridine rings is 1. The van der Waals surface area contributed by atoms with E-state index in [4.69, 9.17) is 4.74 Å². The van der Waals surface area contributed by atoms with Crippen LogP contribution in [0.4, 0.5) is 0 Å². The minimum absolute atomic E-state index is 0.175. The monoisotopic (exact) mass is 468 g/mol. The summed E-state index contributed by atoms with van der Waals surface area (Å²) in [5.74, 6) is 1.54. The third kappa shape index (κ3) is 4.23. The predicted molar refractivity (Wildman–Crippen MR) is 130 cm³/mol. The smallest absolute Gasteiger partial charge is 0.272 e. The molecule has 0 unspecified atom stereocenters. The van der Waals surface area contributed by atoms with Gasteiger partial charge in [-0.3, -0.25) is 4.79 Å². The highest BCUT2D eigenvalue weighted by Gasteiger charge is 2.38. The molecule has 0 spiro atoms. The number of sulfone groups is 1. The number of ether oxygens (including phenoxy) is 1. The third-order valence-corrected chi connectivity index (χ3v) is 8.93. The molecule has 0 atom stereocenters. The lowest BCUT2D eigenvalue weighted by Gasteiger charge is -2.45. The zero-order chi connectivity index (χ0) is 23.2. The first-order valence-corrected chi connectivity index (χ1v) is 13.8. The van der Waals surface area contributed by atoms with Crippen LogP contribution in [0, 0.1) is 11.3 Å². The van der Waals surface area contributed by atoms with E-state index in [0.717, 1.165) is 23.3 Å². The Morgan fingerprint density at radius 3 is 2.64 bits per heavy atom. The van der Waals surface area contributed by atoms with Crippen molar-refractivity contribution in [2.24, 2.45) is 18.4 Å². The van der Waals surface area contributed by atoms with Gasteiger partial charge in [0.05, 0.1) is 11.5 Å². The molecule has 176 valence electrons. The molecule has 5 rings (SSSR count). The lowest BCUT2D eigenvalue weighted by atomic mass is 9.61. The van der Waals surface area contributed by atoms with E-state index in [1.54, 1.807) is 29.0 Å². The highest BCUT2D eigenvalue weighted by molar-refractivity contribution is 7.90. The van der Waals surface area contributed by atoms with Gasteiger partial charge in [0.15, 0.2) is 9.84 Å². The van der Waals surface area contributed by atoms with Crippen LogP contribution in [0.15, 0.2) is 46.3 Å². The molecule has 3 aromatic rings. The van der Waals surface area contributed by atoms with Crippen molar-refractivity contribution in [2.75, 3.05) is 12.9 Å². The summed E-state index contributed by atoms with van der Waals surface area (Å²) < 4.78 is 32.7. The van der Waals surface area contributed by atoms with Gasteiger partial charge in [-0.15, -0.1) is 0 Å². The van der Waals surface area contributed by atoms with Gasteiger partial charge < -0.3 is 14.3 Å². The molecule has 1 N–H and O–H groups in total. The number of aromatic amines is 1. The zero-order valence-corrected chi connectivity index (χ0v) is 20.2. The van der Waals surface area contributed by atoms with Crippen LogP contribution < -0.4 is 10.3 Å². The summed E-state index contributed by atoms with van der Waals surface area (Å²) in [6.07, 6.45) is 15.0. The molecule has 0 saturated heterocycles. The highest BCUT2D eigenvalue weighted by atomic mass is 32.2. The molecule has 0 radical (unpaired) electrons. The summed E-state index contributed by atoms with van der Waals surface area (Å²) in [5, 5.41) is 0.776. The van der Waals surface area contributed by atoms with Crippen LogP contribution in [-0.2, 0) is 16.9 Å². The Morgan fingerprint density at radius 1 is 1.15 bits per heavy atom. The second-order valence-corrected chi connectivity index (χ2v) is 12.1. The van der Waals surface area contributed by atoms with E-state index in [0.29, 0.717) is 28.9 Å². The zero-order valence-electron chi connectivity index (χ0n) is 19.4. The van der Waals surface area contributed by atoms with Crippen molar-refractivity contribution in [3.63, 3.8) is 0 Å². The number of aromatic nitrogens is 2. The van der Waals surface area contributed by atoms with Crippen LogP contribution in [0.3, 0.4) is 0 Å². The Hall–Kier alpha value is -2.54. The van der Waals surface area contributed by atoms with Crippen molar-refractivity contribution in [3.8, 4) is 16.9 Å². The second kappa shape index (κ2) is 8.35. The molecule has 2 aliphatic rings. The summed E-state index contributed by atoms with van der Waals surface area (Å²) in [6, 6.07) is 6.91. The first kappa shape index (κ1) is 22.3. The normalized spacial score (nSPS) is 23.0. The molecular formula is C26H32N2O4S. The van der Waals surface area contributed by atoms with Gasteiger partial charge >= 0.3 is 0 Å². The average molecular weight is 469 g/mol.